The van der Waals surface area contributed by atoms with Crippen molar-refractivity contribution in [3.63, 3.8) is 0 Å². The van der Waals surface area contributed by atoms with Gasteiger partial charge in [0.25, 0.3) is 0 Å². The molecular weight excluding hydrogens is 152 g/mol. The third-order valence-corrected chi connectivity index (χ3v) is 3.30. The molecule has 0 aliphatic heterocycles. The maximum Gasteiger partial charge on any atom is 0.162 e. The number of ketones is 1. The molecule has 0 aromatic carbocycles. The minimum absolute atomic E-state index is 0.182. The number of ether oxygens (including phenoxy) is 1. The van der Waals surface area contributed by atoms with E-state index in [9.17, 15) is 4.79 Å². The first-order valence-corrected chi connectivity index (χ1v) is 4.43. The van der Waals surface area contributed by atoms with Gasteiger partial charge in [-0.25, -0.2) is 0 Å². The lowest BCUT2D eigenvalue weighted by Crippen LogP contribution is -2.43. The van der Waals surface area contributed by atoms with Crippen LogP contribution in [0.4, 0.5) is 0 Å². The van der Waals surface area contributed by atoms with E-state index >= 15 is 0 Å². The fraction of sp³-hybridized carbons (Fsp3) is 0.700. The summed E-state index contributed by atoms with van der Waals surface area (Å²) in [4.78, 5) is 11.4. The van der Waals surface area contributed by atoms with Gasteiger partial charge in [-0.2, -0.15) is 0 Å². The van der Waals surface area contributed by atoms with E-state index in [2.05, 4.69) is 12.2 Å². The van der Waals surface area contributed by atoms with Crippen LogP contribution >= 0.6 is 0 Å². The van der Waals surface area contributed by atoms with E-state index in [-0.39, 0.29) is 5.78 Å². The first kappa shape index (κ1) is 7.99. The van der Waals surface area contributed by atoms with E-state index in [1.165, 1.54) is 0 Å². The van der Waals surface area contributed by atoms with Crippen molar-refractivity contribution in [1.82, 2.24) is 0 Å². The van der Waals surface area contributed by atoms with Crippen LogP contribution in [0.3, 0.4) is 0 Å². The quantitative estimate of drug-likeness (QED) is 0.582. The monoisotopic (exact) mass is 166 g/mol. The molecule has 2 aliphatic rings. The smallest absolute Gasteiger partial charge is 0.162 e. The van der Waals surface area contributed by atoms with Gasteiger partial charge in [0.1, 0.15) is 5.60 Å². The van der Waals surface area contributed by atoms with Crippen LogP contribution in [0, 0.1) is 11.8 Å². The summed E-state index contributed by atoms with van der Waals surface area (Å²) in [5.74, 6) is 1.10. The van der Waals surface area contributed by atoms with Crippen molar-refractivity contribution in [3.05, 3.63) is 12.2 Å². The fourth-order valence-electron chi connectivity index (χ4n) is 2.60. The predicted octanol–water partition coefficient (Wildman–Crippen LogP) is 1.56. The van der Waals surface area contributed by atoms with Crippen molar-refractivity contribution >= 4 is 5.78 Å². The molecule has 0 N–H and O–H groups in total. The Morgan fingerprint density at radius 2 is 2.33 bits per heavy atom. The zero-order valence-electron chi connectivity index (χ0n) is 7.54. The number of methoxy groups -OCH3 is 1. The number of hydrogen-bond acceptors (Lipinski definition) is 2. The van der Waals surface area contributed by atoms with E-state index in [0.717, 1.165) is 12.8 Å². The Morgan fingerprint density at radius 3 is 2.58 bits per heavy atom. The van der Waals surface area contributed by atoms with Gasteiger partial charge < -0.3 is 4.74 Å². The number of carbonyl (C=O) groups excluding carboxylic acids is 1. The average molecular weight is 166 g/mol. The van der Waals surface area contributed by atoms with Crippen LogP contribution < -0.4 is 0 Å². The molecule has 2 aliphatic carbocycles. The van der Waals surface area contributed by atoms with Crippen LogP contribution in [0.2, 0.25) is 0 Å². The van der Waals surface area contributed by atoms with E-state index in [1.807, 2.05) is 0 Å². The number of fused-ring (bicyclic) bond motifs is 2. The van der Waals surface area contributed by atoms with Crippen LogP contribution in [-0.4, -0.2) is 18.5 Å². The van der Waals surface area contributed by atoms with Crippen LogP contribution in [0.5, 0.6) is 0 Å². The van der Waals surface area contributed by atoms with Gasteiger partial charge >= 0.3 is 0 Å². The molecule has 2 rings (SSSR count). The molecule has 2 bridgehead atoms. The number of carbonyl (C=O) groups is 1. The van der Waals surface area contributed by atoms with Crippen molar-refractivity contribution in [2.24, 2.45) is 11.8 Å². The van der Waals surface area contributed by atoms with E-state index < -0.39 is 5.60 Å². The molecule has 0 aromatic heterocycles. The largest absolute Gasteiger partial charge is 0.370 e. The van der Waals surface area contributed by atoms with Crippen LogP contribution in [-0.2, 0) is 9.53 Å². The average Bonchev–Trinajstić information content (AvgIpc) is 2.62. The second-order valence-corrected chi connectivity index (χ2v) is 3.84. The summed E-state index contributed by atoms with van der Waals surface area (Å²) in [5, 5.41) is 0. The molecule has 2 heteroatoms. The molecule has 3 atom stereocenters. The zero-order chi connectivity index (χ0) is 8.77. The summed E-state index contributed by atoms with van der Waals surface area (Å²) in [5.41, 5.74) is -0.473. The molecule has 0 heterocycles. The highest BCUT2D eigenvalue weighted by Crippen LogP contribution is 2.48. The van der Waals surface area contributed by atoms with Crippen molar-refractivity contribution < 1.29 is 9.53 Å². The highest BCUT2D eigenvalue weighted by molar-refractivity contribution is 5.86. The number of hydrogen-bond donors (Lipinski definition) is 0. The summed E-state index contributed by atoms with van der Waals surface area (Å²) in [6.45, 7) is 1.64. The molecule has 1 fully saturated rings. The lowest BCUT2D eigenvalue weighted by Gasteiger charge is -2.31. The van der Waals surface area contributed by atoms with Crippen molar-refractivity contribution in [3.8, 4) is 0 Å². The SMILES string of the molecule is CO[C@]1(C(C)=O)C[C@H]2C=C[C@@H]1C2. The van der Waals surface area contributed by atoms with Crippen LogP contribution in [0.1, 0.15) is 19.8 Å². The molecule has 0 saturated heterocycles. The maximum absolute atomic E-state index is 11.4. The highest BCUT2D eigenvalue weighted by atomic mass is 16.5. The first-order chi connectivity index (χ1) is 5.69. The standard InChI is InChI=1S/C10H14O2/c1-7(11)10(12-2)6-8-3-4-9(10)5-8/h3-4,8-9H,5-6H2,1-2H3/t8-,9+,10-/m0/s1. The lowest BCUT2D eigenvalue weighted by atomic mass is 9.85. The number of Topliss-reactive ketones (excluding diaryl/α,β-unsaturated/α-hetero) is 1. The Hall–Kier alpha value is -0.630. The summed E-state index contributed by atoms with van der Waals surface area (Å²) in [6, 6.07) is 0. The molecule has 12 heavy (non-hydrogen) atoms. The molecule has 1 saturated carbocycles. The van der Waals surface area contributed by atoms with Gasteiger partial charge in [-0.15, -0.1) is 0 Å². The summed E-state index contributed by atoms with van der Waals surface area (Å²) in [6.07, 6.45) is 6.34. The summed E-state index contributed by atoms with van der Waals surface area (Å²) >= 11 is 0. The van der Waals surface area contributed by atoms with E-state index in [1.54, 1.807) is 14.0 Å². The number of allylic oxidation sites excluding steroid dienone is 1. The second-order valence-electron chi connectivity index (χ2n) is 3.84. The van der Waals surface area contributed by atoms with Crippen molar-refractivity contribution in [1.29, 1.82) is 0 Å². The van der Waals surface area contributed by atoms with E-state index in [0.29, 0.717) is 11.8 Å². The summed E-state index contributed by atoms with van der Waals surface area (Å²) in [7, 11) is 1.65. The Bertz CT molecular complexity index is 244. The maximum atomic E-state index is 11.4. The van der Waals surface area contributed by atoms with Crippen molar-refractivity contribution in [2.75, 3.05) is 7.11 Å². The molecule has 2 nitrogen and oxygen atoms in total. The molecule has 0 unspecified atom stereocenters. The Morgan fingerprint density at radius 1 is 1.58 bits per heavy atom. The summed E-state index contributed by atoms with van der Waals surface area (Å²) < 4.78 is 5.39. The van der Waals surface area contributed by atoms with E-state index in [4.69, 9.17) is 4.74 Å². The zero-order valence-corrected chi connectivity index (χ0v) is 7.54. The third-order valence-electron chi connectivity index (χ3n) is 3.30. The minimum Gasteiger partial charge on any atom is -0.370 e. The lowest BCUT2D eigenvalue weighted by molar-refractivity contribution is -0.141. The molecular formula is C10H14O2. The second kappa shape index (κ2) is 2.43. The van der Waals surface area contributed by atoms with Crippen LogP contribution in [0.15, 0.2) is 12.2 Å². The van der Waals surface area contributed by atoms with Gasteiger partial charge in [0.05, 0.1) is 0 Å². The normalized spacial score (nSPS) is 43.8. The minimum atomic E-state index is -0.473. The molecule has 66 valence electrons. The molecule has 0 aromatic rings. The third kappa shape index (κ3) is 0.816. The first-order valence-electron chi connectivity index (χ1n) is 4.43. The van der Waals surface area contributed by atoms with Gasteiger partial charge in [-0.05, 0) is 25.7 Å². The van der Waals surface area contributed by atoms with Gasteiger partial charge in [0, 0.05) is 13.0 Å². The Kier molecular flexibility index (Phi) is 1.62. The van der Waals surface area contributed by atoms with Crippen LogP contribution in [0.25, 0.3) is 0 Å². The van der Waals surface area contributed by atoms with Gasteiger partial charge in [0.15, 0.2) is 5.78 Å². The van der Waals surface area contributed by atoms with Crippen molar-refractivity contribution in [2.45, 2.75) is 25.4 Å². The highest BCUT2D eigenvalue weighted by Gasteiger charge is 2.51. The van der Waals surface area contributed by atoms with Gasteiger partial charge in [-0.1, -0.05) is 12.2 Å². The van der Waals surface area contributed by atoms with Gasteiger partial charge in [-0.3, -0.25) is 4.79 Å². The fourth-order valence-corrected chi connectivity index (χ4v) is 2.60. The topological polar surface area (TPSA) is 26.3 Å². The molecule has 0 amide bonds. The Labute approximate surface area is 72.6 Å². The Balaban J connectivity index is 2.31. The molecule has 0 radical (unpaired) electrons. The number of rotatable bonds is 2. The predicted molar refractivity (Wildman–Crippen MR) is 45.8 cm³/mol. The van der Waals surface area contributed by atoms with Gasteiger partial charge in [0.2, 0.25) is 0 Å². The molecule has 0 spiro atoms.